The van der Waals surface area contributed by atoms with Crippen LogP contribution in [0.3, 0.4) is 0 Å². The van der Waals surface area contributed by atoms with Gasteiger partial charge in [0.05, 0.1) is 12.8 Å². The van der Waals surface area contributed by atoms with Crippen LogP contribution in [0.25, 0.3) is 11.1 Å². The van der Waals surface area contributed by atoms with Gasteiger partial charge in [-0.05, 0) is 68.4 Å². The number of aryl methyl sites for hydroxylation is 1. The molecule has 0 saturated heterocycles. The standard InChI is InChI=1S/C26H32N4O3/c1-18(33-23-6-4-5-22(15-23)32-3)26(31)28-16-19-7-9-21(10-8-19)25-24(17-30(2)29-25)20-11-13-27-14-12-20/h4-6,11-15,17-19,21H,7-10,16H2,1-3H3,(H,28,31). The van der Waals surface area contributed by atoms with Crippen molar-refractivity contribution in [3.63, 3.8) is 0 Å². The van der Waals surface area contributed by atoms with E-state index in [1.165, 1.54) is 11.3 Å². The number of nitrogens with one attached hydrogen (secondary N) is 1. The molecule has 0 radical (unpaired) electrons. The monoisotopic (exact) mass is 448 g/mol. The molecule has 1 aromatic carbocycles. The summed E-state index contributed by atoms with van der Waals surface area (Å²) in [6.07, 6.45) is 9.47. The van der Waals surface area contributed by atoms with E-state index in [9.17, 15) is 4.79 Å². The molecule has 33 heavy (non-hydrogen) atoms. The zero-order chi connectivity index (χ0) is 23.2. The molecule has 2 aromatic heterocycles. The number of carbonyl (C=O) groups is 1. The third-order valence-electron chi connectivity index (χ3n) is 6.37. The number of hydrogen-bond donors (Lipinski definition) is 1. The van der Waals surface area contributed by atoms with E-state index < -0.39 is 6.10 Å². The maximum absolute atomic E-state index is 12.5. The van der Waals surface area contributed by atoms with Crippen LogP contribution in [-0.2, 0) is 11.8 Å². The summed E-state index contributed by atoms with van der Waals surface area (Å²) >= 11 is 0. The van der Waals surface area contributed by atoms with Crippen LogP contribution in [0.2, 0.25) is 0 Å². The lowest BCUT2D eigenvalue weighted by atomic mass is 9.79. The van der Waals surface area contributed by atoms with Crippen molar-refractivity contribution in [2.45, 2.75) is 44.6 Å². The molecule has 0 aliphatic heterocycles. The van der Waals surface area contributed by atoms with Gasteiger partial charge in [0, 0.05) is 49.7 Å². The van der Waals surface area contributed by atoms with Gasteiger partial charge in [0.2, 0.25) is 0 Å². The van der Waals surface area contributed by atoms with Crippen molar-refractivity contribution >= 4 is 5.91 Å². The maximum Gasteiger partial charge on any atom is 0.260 e. The highest BCUT2D eigenvalue weighted by atomic mass is 16.5. The van der Waals surface area contributed by atoms with E-state index in [4.69, 9.17) is 14.6 Å². The Morgan fingerprint density at radius 1 is 1.15 bits per heavy atom. The molecule has 1 fully saturated rings. The summed E-state index contributed by atoms with van der Waals surface area (Å²) in [7, 11) is 3.59. The first-order valence-corrected chi connectivity index (χ1v) is 11.6. The van der Waals surface area contributed by atoms with Gasteiger partial charge in [0.25, 0.3) is 5.91 Å². The van der Waals surface area contributed by atoms with E-state index >= 15 is 0 Å². The number of benzene rings is 1. The van der Waals surface area contributed by atoms with Crippen LogP contribution in [0.5, 0.6) is 11.5 Å². The Morgan fingerprint density at radius 2 is 1.88 bits per heavy atom. The van der Waals surface area contributed by atoms with E-state index in [0.29, 0.717) is 29.9 Å². The molecule has 3 aromatic rings. The fraction of sp³-hybridized carbons (Fsp3) is 0.423. The van der Waals surface area contributed by atoms with Gasteiger partial charge < -0.3 is 14.8 Å². The third kappa shape index (κ3) is 5.72. The highest BCUT2D eigenvalue weighted by molar-refractivity contribution is 5.80. The number of ether oxygens (including phenoxy) is 2. The molecule has 174 valence electrons. The van der Waals surface area contributed by atoms with Crippen LogP contribution < -0.4 is 14.8 Å². The lowest BCUT2D eigenvalue weighted by Gasteiger charge is -2.28. The molecular formula is C26H32N4O3. The molecular weight excluding hydrogens is 416 g/mol. The fourth-order valence-corrected chi connectivity index (χ4v) is 4.52. The summed E-state index contributed by atoms with van der Waals surface area (Å²) in [5.41, 5.74) is 3.53. The second kappa shape index (κ2) is 10.5. The number of hydrogen-bond acceptors (Lipinski definition) is 5. The number of rotatable bonds is 8. The van der Waals surface area contributed by atoms with E-state index in [1.54, 1.807) is 20.1 Å². The Hall–Kier alpha value is -3.35. The minimum absolute atomic E-state index is 0.0929. The molecule has 7 nitrogen and oxygen atoms in total. The molecule has 7 heteroatoms. The first kappa shape index (κ1) is 22.8. The molecule has 1 atom stereocenters. The third-order valence-corrected chi connectivity index (χ3v) is 6.37. The first-order valence-electron chi connectivity index (χ1n) is 11.6. The summed E-state index contributed by atoms with van der Waals surface area (Å²) < 4.78 is 12.9. The van der Waals surface area contributed by atoms with Crippen molar-refractivity contribution in [3.8, 4) is 22.6 Å². The molecule has 4 rings (SSSR count). The maximum atomic E-state index is 12.5. The number of methoxy groups -OCH3 is 1. The van der Waals surface area contributed by atoms with Crippen LogP contribution in [0, 0.1) is 5.92 Å². The van der Waals surface area contributed by atoms with Gasteiger partial charge in [-0.3, -0.25) is 14.5 Å². The van der Waals surface area contributed by atoms with Crippen molar-refractivity contribution < 1.29 is 14.3 Å². The molecule has 1 aliphatic carbocycles. The molecule has 1 aliphatic rings. The van der Waals surface area contributed by atoms with Crippen molar-refractivity contribution in [3.05, 3.63) is 60.7 Å². The minimum Gasteiger partial charge on any atom is -0.497 e. The lowest BCUT2D eigenvalue weighted by molar-refractivity contribution is -0.127. The van der Waals surface area contributed by atoms with Crippen molar-refractivity contribution in [1.29, 1.82) is 0 Å². The van der Waals surface area contributed by atoms with Crippen LogP contribution in [-0.4, -0.2) is 40.4 Å². The van der Waals surface area contributed by atoms with Crippen molar-refractivity contribution in [2.24, 2.45) is 13.0 Å². The molecule has 2 heterocycles. The normalized spacial score (nSPS) is 19.0. The fourth-order valence-electron chi connectivity index (χ4n) is 4.52. The van der Waals surface area contributed by atoms with Gasteiger partial charge in [0.15, 0.2) is 6.10 Å². The van der Waals surface area contributed by atoms with Gasteiger partial charge in [-0.25, -0.2) is 0 Å². The predicted octanol–water partition coefficient (Wildman–Crippen LogP) is 4.35. The Bertz CT molecular complexity index is 1060. The molecule has 0 spiro atoms. The molecule has 1 unspecified atom stereocenters. The van der Waals surface area contributed by atoms with Gasteiger partial charge in [-0.2, -0.15) is 5.10 Å². The van der Waals surface area contributed by atoms with Gasteiger partial charge in [0.1, 0.15) is 11.5 Å². The molecule has 1 saturated carbocycles. The highest BCUT2D eigenvalue weighted by Gasteiger charge is 2.27. The van der Waals surface area contributed by atoms with E-state index in [-0.39, 0.29) is 5.91 Å². The second-order valence-corrected chi connectivity index (χ2v) is 8.74. The van der Waals surface area contributed by atoms with E-state index in [1.807, 2.05) is 54.5 Å². The average Bonchev–Trinajstić information content (AvgIpc) is 3.25. The van der Waals surface area contributed by atoms with Crippen molar-refractivity contribution in [1.82, 2.24) is 20.1 Å². The summed E-state index contributed by atoms with van der Waals surface area (Å²) in [6, 6.07) is 11.4. The predicted molar refractivity (Wildman–Crippen MR) is 127 cm³/mol. The van der Waals surface area contributed by atoms with Crippen LogP contribution in [0.15, 0.2) is 55.0 Å². The number of aromatic nitrogens is 3. The van der Waals surface area contributed by atoms with Crippen LogP contribution in [0.1, 0.15) is 44.2 Å². The average molecular weight is 449 g/mol. The van der Waals surface area contributed by atoms with E-state index in [2.05, 4.69) is 16.5 Å². The SMILES string of the molecule is COc1cccc(OC(C)C(=O)NCC2CCC(c3nn(C)cc3-c3ccncc3)CC2)c1. The number of amides is 1. The van der Waals surface area contributed by atoms with E-state index in [0.717, 1.165) is 31.2 Å². The number of nitrogens with zero attached hydrogens (tertiary/aromatic N) is 3. The second-order valence-electron chi connectivity index (χ2n) is 8.74. The Labute approximate surface area is 195 Å². The zero-order valence-electron chi connectivity index (χ0n) is 19.5. The Balaban J connectivity index is 1.27. The first-order chi connectivity index (χ1) is 16.0. The van der Waals surface area contributed by atoms with Gasteiger partial charge in [-0.15, -0.1) is 0 Å². The largest absolute Gasteiger partial charge is 0.497 e. The molecule has 1 N–H and O–H groups in total. The van der Waals surface area contributed by atoms with Crippen LogP contribution in [0.4, 0.5) is 0 Å². The van der Waals surface area contributed by atoms with Gasteiger partial charge >= 0.3 is 0 Å². The Kier molecular flexibility index (Phi) is 7.27. The smallest absolute Gasteiger partial charge is 0.260 e. The summed E-state index contributed by atoms with van der Waals surface area (Å²) in [4.78, 5) is 16.7. The zero-order valence-corrected chi connectivity index (χ0v) is 19.5. The minimum atomic E-state index is -0.565. The summed E-state index contributed by atoms with van der Waals surface area (Å²) in [5, 5.41) is 7.86. The van der Waals surface area contributed by atoms with Crippen molar-refractivity contribution in [2.75, 3.05) is 13.7 Å². The highest BCUT2D eigenvalue weighted by Crippen LogP contribution is 2.39. The summed E-state index contributed by atoms with van der Waals surface area (Å²) in [5.74, 6) is 2.15. The molecule has 0 bridgehead atoms. The summed E-state index contributed by atoms with van der Waals surface area (Å²) in [6.45, 7) is 2.45. The topological polar surface area (TPSA) is 78.3 Å². The molecule has 1 amide bonds. The van der Waals surface area contributed by atoms with Crippen LogP contribution >= 0.6 is 0 Å². The quantitative estimate of drug-likeness (QED) is 0.554. The van der Waals surface area contributed by atoms with Gasteiger partial charge in [-0.1, -0.05) is 6.07 Å². The Morgan fingerprint density at radius 3 is 2.61 bits per heavy atom. The number of pyridine rings is 1. The lowest BCUT2D eigenvalue weighted by Crippen LogP contribution is -2.39. The number of carbonyl (C=O) groups excluding carboxylic acids is 1.